The van der Waals surface area contributed by atoms with E-state index < -0.39 is 6.17 Å². The molecule has 0 aliphatic heterocycles. The molecule has 0 amide bonds. The van der Waals surface area contributed by atoms with Crippen LogP contribution in [-0.2, 0) is 0 Å². The van der Waals surface area contributed by atoms with E-state index in [4.69, 9.17) is 0 Å². The molecule has 0 spiro atoms. The highest BCUT2D eigenvalue weighted by molar-refractivity contribution is 4.95. The van der Waals surface area contributed by atoms with Gasteiger partial charge in [0.2, 0.25) is 0 Å². The Morgan fingerprint density at radius 3 is 1.86 bits per heavy atom. The van der Waals surface area contributed by atoms with Crippen LogP contribution >= 0.6 is 0 Å². The Kier molecular flexibility index (Phi) is 0.561. The predicted octanol–water partition coefficient (Wildman–Crippen LogP) is 1.75. The van der Waals surface area contributed by atoms with Crippen LogP contribution in [0.15, 0.2) is 0 Å². The van der Waals surface area contributed by atoms with Crippen molar-refractivity contribution in [3.8, 4) is 0 Å². The van der Waals surface area contributed by atoms with Gasteiger partial charge in [-0.05, 0) is 31.1 Å². The average molecular weight is 100 g/mol. The lowest BCUT2D eigenvalue weighted by atomic mass is 10.2. The summed E-state index contributed by atoms with van der Waals surface area (Å²) >= 11 is 0. The largest absolute Gasteiger partial charge is 0.247 e. The lowest BCUT2D eigenvalue weighted by molar-refractivity contribution is 0.316. The smallest absolute Gasteiger partial charge is 0.101 e. The first-order valence-corrected chi connectivity index (χ1v) is 3.00. The van der Waals surface area contributed by atoms with Crippen LogP contribution in [-0.4, -0.2) is 6.17 Å². The van der Waals surface area contributed by atoms with Crippen LogP contribution < -0.4 is 0 Å². The van der Waals surface area contributed by atoms with Gasteiger partial charge in [0.05, 0.1) is 0 Å². The third-order valence-corrected chi connectivity index (χ3v) is 2.19. The van der Waals surface area contributed by atoms with Gasteiger partial charge in [0.15, 0.2) is 0 Å². The molecule has 2 saturated carbocycles. The van der Waals surface area contributed by atoms with Crippen molar-refractivity contribution < 1.29 is 4.39 Å². The zero-order chi connectivity index (χ0) is 4.85. The molecular formula is C6H9F. The summed E-state index contributed by atoms with van der Waals surface area (Å²) in [5, 5.41) is 0. The lowest BCUT2D eigenvalue weighted by Gasteiger charge is -1.94. The van der Waals surface area contributed by atoms with Gasteiger partial charge >= 0.3 is 0 Å². The number of hydrogen-bond donors (Lipinski definition) is 0. The number of fused-ring (bicyclic) bond motifs is 1. The Bertz CT molecular complexity index is 80.2. The van der Waals surface area contributed by atoms with E-state index in [1.165, 1.54) is 6.42 Å². The molecule has 2 aliphatic carbocycles. The standard InChI is InChI=1S/C6H9F/c7-6-2-4-1-5(4)3-6/h4-6H,1-3H2/t4-,5?,6?/m1/s1. The van der Waals surface area contributed by atoms with Crippen molar-refractivity contribution in [3.05, 3.63) is 0 Å². The first-order chi connectivity index (χ1) is 3.36. The quantitative estimate of drug-likeness (QED) is 0.435. The zero-order valence-corrected chi connectivity index (χ0v) is 4.23. The SMILES string of the molecule is FC1CC2C[C@@H]2C1. The molecule has 0 saturated heterocycles. The third-order valence-electron chi connectivity index (χ3n) is 2.19. The van der Waals surface area contributed by atoms with E-state index in [1.54, 1.807) is 0 Å². The molecule has 0 aromatic rings. The maximum atomic E-state index is 12.2. The molecule has 7 heavy (non-hydrogen) atoms. The maximum absolute atomic E-state index is 12.2. The van der Waals surface area contributed by atoms with Gasteiger partial charge in [-0.15, -0.1) is 0 Å². The summed E-state index contributed by atoms with van der Waals surface area (Å²) in [6, 6.07) is 0. The second-order valence-electron chi connectivity index (χ2n) is 2.82. The molecule has 2 fully saturated rings. The Morgan fingerprint density at radius 1 is 1.00 bits per heavy atom. The van der Waals surface area contributed by atoms with Crippen LogP contribution in [0, 0.1) is 11.8 Å². The lowest BCUT2D eigenvalue weighted by Crippen LogP contribution is -1.92. The van der Waals surface area contributed by atoms with Crippen molar-refractivity contribution in [3.63, 3.8) is 0 Å². The number of alkyl halides is 1. The molecule has 0 radical (unpaired) electrons. The summed E-state index contributed by atoms with van der Waals surface area (Å²) in [7, 11) is 0. The Labute approximate surface area is 42.7 Å². The predicted molar refractivity (Wildman–Crippen MR) is 25.7 cm³/mol. The molecule has 2 aliphatic rings. The van der Waals surface area contributed by atoms with Crippen LogP contribution in [0.2, 0.25) is 0 Å². The molecular weight excluding hydrogens is 91.1 g/mol. The van der Waals surface area contributed by atoms with Gasteiger partial charge in [0.1, 0.15) is 6.17 Å². The van der Waals surface area contributed by atoms with Crippen molar-refractivity contribution in [2.45, 2.75) is 25.4 Å². The molecule has 0 aromatic heterocycles. The van der Waals surface area contributed by atoms with Crippen LogP contribution in [0.3, 0.4) is 0 Å². The van der Waals surface area contributed by atoms with E-state index in [0.29, 0.717) is 0 Å². The van der Waals surface area contributed by atoms with Gasteiger partial charge in [-0.1, -0.05) is 0 Å². The second-order valence-corrected chi connectivity index (χ2v) is 2.82. The molecule has 0 N–H and O–H groups in total. The third kappa shape index (κ3) is 0.472. The molecule has 0 nitrogen and oxygen atoms in total. The molecule has 0 bridgehead atoms. The van der Waals surface area contributed by atoms with Crippen LogP contribution in [0.1, 0.15) is 19.3 Å². The molecule has 3 atom stereocenters. The normalized spacial score (nSPS) is 57.0. The summed E-state index contributed by atoms with van der Waals surface area (Å²) in [5.74, 6) is 1.63. The van der Waals surface area contributed by atoms with Gasteiger partial charge in [-0.2, -0.15) is 0 Å². The molecule has 40 valence electrons. The fraction of sp³-hybridized carbons (Fsp3) is 1.00. The molecule has 0 heterocycles. The Balaban J connectivity index is 2.02. The van der Waals surface area contributed by atoms with Crippen molar-refractivity contribution in [2.75, 3.05) is 0 Å². The number of hydrogen-bond acceptors (Lipinski definition) is 0. The van der Waals surface area contributed by atoms with E-state index in [-0.39, 0.29) is 0 Å². The van der Waals surface area contributed by atoms with Crippen LogP contribution in [0.4, 0.5) is 4.39 Å². The topological polar surface area (TPSA) is 0 Å². The highest BCUT2D eigenvalue weighted by Gasteiger charge is 2.45. The summed E-state index contributed by atoms with van der Waals surface area (Å²) in [6.07, 6.45) is 2.67. The fourth-order valence-corrected chi connectivity index (χ4v) is 1.64. The highest BCUT2D eigenvalue weighted by atomic mass is 19.1. The minimum absolute atomic E-state index is 0.427. The summed E-state index contributed by atoms with van der Waals surface area (Å²) in [4.78, 5) is 0. The minimum atomic E-state index is -0.427. The summed E-state index contributed by atoms with van der Waals surface area (Å²) in [6.45, 7) is 0. The number of halogens is 1. The average Bonchev–Trinajstić information content (AvgIpc) is 2.15. The molecule has 2 unspecified atom stereocenters. The first-order valence-electron chi connectivity index (χ1n) is 3.00. The molecule has 2 rings (SSSR count). The van der Waals surface area contributed by atoms with E-state index in [0.717, 1.165) is 24.7 Å². The highest BCUT2D eigenvalue weighted by Crippen LogP contribution is 2.52. The van der Waals surface area contributed by atoms with Gasteiger partial charge in [0.25, 0.3) is 0 Å². The monoisotopic (exact) mass is 100 g/mol. The zero-order valence-electron chi connectivity index (χ0n) is 4.23. The minimum Gasteiger partial charge on any atom is -0.247 e. The maximum Gasteiger partial charge on any atom is 0.101 e. The molecule has 0 aromatic carbocycles. The van der Waals surface area contributed by atoms with Crippen LogP contribution in [0.5, 0.6) is 0 Å². The van der Waals surface area contributed by atoms with Crippen LogP contribution in [0.25, 0.3) is 0 Å². The van der Waals surface area contributed by atoms with Crippen molar-refractivity contribution in [1.29, 1.82) is 0 Å². The van der Waals surface area contributed by atoms with Crippen molar-refractivity contribution in [1.82, 2.24) is 0 Å². The van der Waals surface area contributed by atoms with E-state index in [9.17, 15) is 4.39 Å². The number of rotatable bonds is 0. The second kappa shape index (κ2) is 1.01. The van der Waals surface area contributed by atoms with E-state index >= 15 is 0 Å². The van der Waals surface area contributed by atoms with Gasteiger partial charge < -0.3 is 0 Å². The van der Waals surface area contributed by atoms with Crippen molar-refractivity contribution >= 4 is 0 Å². The summed E-state index contributed by atoms with van der Waals surface area (Å²) < 4.78 is 12.2. The van der Waals surface area contributed by atoms with Gasteiger partial charge in [-0.3, -0.25) is 0 Å². The molecule has 1 heteroatoms. The van der Waals surface area contributed by atoms with E-state index in [1.807, 2.05) is 0 Å². The first kappa shape index (κ1) is 3.88. The Hall–Kier alpha value is -0.0700. The van der Waals surface area contributed by atoms with Crippen molar-refractivity contribution in [2.24, 2.45) is 11.8 Å². The van der Waals surface area contributed by atoms with E-state index in [2.05, 4.69) is 0 Å². The van der Waals surface area contributed by atoms with Gasteiger partial charge in [0, 0.05) is 0 Å². The van der Waals surface area contributed by atoms with Gasteiger partial charge in [-0.25, -0.2) is 4.39 Å². The fourth-order valence-electron chi connectivity index (χ4n) is 1.64. The summed E-state index contributed by atoms with van der Waals surface area (Å²) in [5.41, 5.74) is 0. The Morgan fingerprint density at radius 2 is 1.57 bits per heavy atom.